The minimum Gasteiger partial charge on any atom is -0.483 e. The van der Waals surface area contributed by atoms with Crippen molar-refractivity contribution in [3.63, 3.8) is 0 Å². The van der Waals surface area contributed by atoms with Crippen molar-refractivity contribution >= 4 is 33.4 Å². The predicted octanol–water partition coefficient (Wildman–Crippen LogP) is 1.34. The normalized spacial score (nSPS) is 11.2. The predicted molar refractivity (Wildman–Crippen MR) is 75.4 cm³/mol. The van der Waals surface area contributed by atoms with Gasteiger partial charge in [-0.05, 0) is 41.1 Å². The van der Waals surface area contributed by atoms with Gasteiger partial charge in [-0.1, -0.05) is 11.6 Å². The molecule has 1 aromatic rings. The molecule has 0 atom stereocenters. The number of amides is 1. The van der Waals surface area contributed by atoms with E-state index in [0.29, 0.717) is 15.2 Å². The Hall–Kier alpha value is -0.820. The Bertz CT molecular complexity index is 451. The van der Waals surface area contributed by atoms with Crippen LogP contribution in [0.3, 0.4) is 0 Å². The molecule has 0 heterocycles. The van der Waals surface area contributed by atoms with Crippen molar-refractivity contribution in [2.75, 3.05) is 19.8 Å². The summed E-state index contributed by atoms with van der Waals surface area (Å²) in [5.74, 6) is 0.0432. The Balaban J connectivity index is 2.55. The average Bonchev–Trinajstić information content (AvgIpc) is 2.37. The summed E-state index contributed by atoms with van der Waals surface area (Å²) in [5.41, 5.74) is -1.06. The lowest BCUT2D eigenvalue weighted by Gasteiger charge is -2.26. The highest BCUT2D eigenvalue weighted by atomic mass is 79.9. The molecule has 0 fully saturated rings. The van der Waals surface area contributed by atoms with Crippen LogP contribution in [0.15, 0.2) is 22.7 Å². The van der Waals surface area contributed by atoms with Gasteiger partial charge < -0.3 is 20.3 Å². The highest BCUT2D eigenvalue weighted by Gasteiger charge is 2.24. The molecule has 0 saturated carbocycles. The van der Waals surface area contributed by atoms with Gasteiger partial charge in [0.2, 0.25) is 0 Å². The zero-order chi connectivity index (χ0) is 14.5. The molecule has 106 valence electrons. The Morgan fingerprint density at radius 2 is 2.11 bits per heavy atom. The van der Waals surface area contributed by atoms with Crippen molar-refractivity contribution < 1.29 is 19.7 Å². The molecule has 0 spiro atoms. The maximum absolute atomic E-state index is 11.6. The van der Waals surface area contributed by atoms with Gasteiger partial charge >= 0.3 is 0 Å². The van der Waals surface area contributed by atoms with E-state index in [1.165, 1.54) is 6.92 Å². The summed E-state index contributed by atoms with van der Waals surface area (Å²) >= 11 is 9.05. The zero-order valence-electron chi connectivity index (χ0n) is 10.3. The van der Waals surface area contributed by atoms with E-state index in [-0.39, 0.29) is 19.8 Å². The molecule has 3 N–H and O–H groups in total. The average molecular weight is 353 g/mol. The van der Waals surface area contributed by atoms with Crippen LogP contribution in [0.2, 0.25) is 5.02 Å². The number of carbonyl (C=O) groups excluding carboxylic acids is 1. The van der Waals surface area contributed by atoms with Crippen molar-refractivity contribution in [3.8, 4) is 5.75 Å². The molecule has 1 aromatic carbocycles. The number of aliphatic hydroxyl groups excluding tert-OH is 2. The lowest BCUT2D eigenvalue weighted by molar-refractivity contribution is -0.126. The van der Waals surface area contributed by atoms with Gasteiger partial charge in [-0.2, -0.15) is 0 Å². The number of rotatable bonds is 6. The van der Waals surface area contributed by atoms with Gasteiger partial charge in [-0.25, -0.2) is 0 Å². The standard InChI is InChI=1S/C12H15BrClNO4/c1-12(6-16,7-17)15-11(18)5-19-10-3-2-8(14)4-9(10)13/h2-4,16-17H,5-7H2,1H3,(H,15,18). The fourth-order valence-corrected chi connectivity index (χ4v) is 2.03. The van der Waals surface area contributed by atoms with Crippen LogP contribution in [-0.2, 0) is 4.79 Å². The molecule has 7 heteroatoms. The van der Waals surface area contributed by atoms with Crippen LogP contribution in [0.1, 0.15) is 6.92 Å². The first kappa shape index (κ1) is 16.2. The molecule has 0 saturated heterocycles. The molecule has 5 nitrogen and oxygen atoms in total. The van der Waals surface area contributed by atoms with E-state index in [2.05, 4.69) is 21.2 Å². The van der Waals surface area contributed by atoms with Crippen LogP contribution in [0.25, 0.3) is 0 Å². The number of nitrogens with one attached hydrogen (secondary N) is 1. The Morgan fingerprint density at radius 1 is 1.47 bits per heavy atom. The van der Waals surface area contributed by atoms with Gasteiger partial charge in [0.15, 0.2) is 6.61 Å². The second-order valence-electron chi connectivity index (χ2n) is 4.29. The molecular formula is C12H15BrClNO4. The first-order valence-corrected chi connectivity index (χ1v) is 6.68. The Kier molecular flexibility index (Phi) is 6.06. The van der Waals surface area contributed by atoms with E-state index in [1.54, 1.807) is 18.2 Å². The van der Waals surface area contributed by atoms with Gasteiger partial charge in [0.05, 0.1) is 23.2 Å². The third kappa shape index (κ3) is 4.99. The fraction of sp³-hybridized carbons (Fsp3) is 0.417. The van der Waals surface area contributed by atoms with Crippen molar-refractivity contribution in [3.05, 3.63) is 27.7 Å². The van der Waals surface area contributed by atoms with Crippen molar-refractivity contribution in [2.24, 2.45) is 0 Å². The highest BCUT2D eigenvalue weighted by molar-refractivity contribution is 9.10. The fourth-order valence-electron chi connectivity index (χ4n) is 1.24. The lowest BCUT2D eigenvalue weighted by Crippen LogP contribution is -2.53. The maximum atomic E-state index is 11.6. The maximum Gasteiger partial charge on any atom is 0.258 e. The number of halogens is 2. The van der Waals surface area contributed by atoms with Gasteiger partial charge in [0.1, 0.15) is 5.75 Å². The second-order valence-corrected chi connectivity index (χ2v) is 5.58. The van der Waals surface area contributed by atoms with Crippen molar-refractivity contribution in [1.82, 2.24) is 5.32 Å². The second kappa shape index (κ2) is 7.09. The van der Waals surface area contributed by atoms with Gasteiger partial charge in [0.25, 0.3) is 5.91 Å². The summed E-state index contributed by atoms with van der Waals surface area (Å²) in [5, 5.41) is 21.2. The Labute approximate surface area is 124 Å². The smallest absolute Gasteiger partial charge is 0.258 e. The molecule has 0 aromatic heterocycles. The highest BCUT2D eigenvalue weighted by Crippen LogP contribution is 2.27. The van der Waals surface area contributed by atoms with E-state index in [0.717, 1.165) is 0 Å². The summed E-state index contributed by atoms with van der Waals surface area (Å²) in [6.07, 6.45) is 0. The topological polar surface area (TPSA) is 78.8 Å². The van der Waals surface area contributed by atoms with Crippen LogP contribution in [-0.4, -0.2) is 41.5 Å². The van der Waals surface area contributed by atoms with E-state index < -0.39 is 11.4 Å². The third-order valence-corrected chi connectivity index (χ3v) is 3.25. The van der Waals surface area contributed by atoms with Crippen LogP contribution in [0.4, 0.5) is 0 Å². The molecule has 0 aliphatic rings. The summed E-state index contributed by atoms with van der Waals surface area (Å²) in [6, 6.07) is 4.93. The first-order valence-electron chi connectivity index (χ1n) is 5.51. The first-order chi connectivity index (χ1) is 8.90. The minimum absolute atomic E-state index is 0.226. The molecule has 0 aliphatic carbocycles. The third-order valence-electron chi connectivity index (χ3n) is 2.39. The van der Waals surface area contributed by atoms with Gasteiger partial charge in [0, 0.05) is 5.02 Å². The summed E-state index contributed by atoms with van der Waals surface area (Å²) in [7, 11) is 0. The lowest BCUT2D eigenvalue weighted by atomic mass is 10.1. The zero-order valence-corrected chi connectivity index (χ0v) is 12.7. The SMILES string of the molecule is CC(CO)(CO)NC(=O)COc1ccc(Cl)cc1Br. The van der Waals surface area contributed by atoms with E-state index in [4.69, 9.17) is 26.6 Å². The number of aliphatic hydroxyl groups is 2. The molecule has 19 heavy (non-hydrogen) atoms. The van der Waals surface area contributed by atoms with E-state index >= 15 is 0 Å². The van der Waals surface area contributed by atoms with E-state index in [9.17, 15) is 4.79 Å². The number of benzene rings is 1. The molecule has 1 rings (SSSR count). The van der Waals surface area contributed by atoms with Crippen molar-refractivity contribution in [1.29, 1.82) is 0 Å². The number of hydrogen-bond acceptors (Lipinski definition) is 4. The number of ether oxygens (including phenoxy) is 1. The van der Waals surface area contributed by atoms with Crippen LogP contribution < -0.4 is 10.1 Å². The van der Waals surface area contributed by atoms with Gasteiger partial charge in [-0.15, -0.1) is 0 Å². The minimum atomic E-state index is -1.06. The molecule has 0 radical (unpaired) electrons. The molecule has 1 amide bonds. The van der Waals surface area contributed by atoms with Gasteiger partial charge in [-0.3, -0.25) is 4.79 Å². The van der Waals surface area contributed by atoms with Crippen molar-refractivity contribution in [2.45, 2.75) is 12.5 Å². The molecular weight excluding hydrogens is 337 g/mol. The van der Waals surface area contributed by atoms with Crippen LogP contribution in [0, 0.1) is 0 Å². The summed E-state index contributed by atoms with van der Waals surface area (Å²) < 4.78 is 5.95. The largest absolute Gasteiger partial charge is 0.483 e. The molecule has 0 unspecified atom stereocenters. The quantitative estimate of drug-likeness (QED) is 0.722. The monoisotopic (exact) mass is 351 g/mol. The van der Waals surface area contributed by atoms with Crippen LogP contribution in [0.5, 0.6) is 5.75 Å². The number of hydrogen-bond donors (Lipinski definition) is 3. The Morgan fingerprint density at radius 3 is 2.63 bits per heavy atom. The summed E-state index contributed by atoms with van der Waals surface area (Å²) in [6.45, 7) is 0.582. The van der Waals surface area contributed by atoms with E-state index in [1.807, 2.05) is 0 Å². The number of carbonyl (C=O) groups is 1. The molecule has 0 bridgehead atoms. The summed E-state index contributed by atoms with van der Waals surface area (Å²) in [4.78, 5) is 11.6. The van der Waals surface area contributed by atoms with Crippen LogP contribution >= 0.6 is 27.5 Å². The molecule has 0 aliphatic heterocycles.